The van der Waals surface area contributed by atoms with E-state index >= 15 is 0 Å². The van der Waals surface area contributed by atoms with Crippen LogP contribution in [0.2, 0.25) is 5.15 Å². The molecule has 15 heavy (non-hydrogen) atoms. The van der Waals surface area contributed by atoms with E-state index in [4.69, 9.17) is 11.6 Å². The number of nitrogens with zero attached hydrogens (tertiary/aromatic N) is 3. The predicted octanol–water partition coefficient (Wildman–Crippen LogP) is 3.20. The number of aromatic nitrogens is 3. The molecule has 0 amide bonds. The van der Waals surface area contributed by atoms with Gasteiger partial charge in [0.1, 0.15) is 11.5 Å². The van der Waals surface area contributed by atoms with Crippen molar-refractivity contribution in [3.8, 4) is 0 Å². The lowest BCUT2D eigenvalue weighted by molar-refractivity contribution is 1.22. The van der Waals surface area contributed by atoms with Crippen molar-refractivity contribution in [3.63, 3.8) is 0 Å². The van der Waals surface area contributed by atoms with Gasteiger partial charge in [-0.25, -0.2) is 15.0 Å². The summed E-state index contributed by atoms with van der Waals surface area (Å²) in [5.41, 5.74) is 1.83. The molecule has 0 spiro atoms. The minimum Gasteiger partial charge on any atom is -0.241 e. The van der Waals surface area contributed by atoms with Gasteiger partial charge in [-0.1, -0.05) is 11.6 Å². The molecule has 0 unspecified atom stereocenters. The Morgan fingerprint density at radius 2 is 2.07 bits per heavy atom. The molecule has 0 fully saturated rings. The van der Waals surface area contributed by atoms with Crippen LogP contribution in [-0.2, 0) is 0 Å². The molecule has 3 nitrogen and oxygen atoms in total. The Labute approximate surface area is 94.8 Å². The maximum atomic E-state index is 5.99. The van der Waals surface area contributed by atoms with E-state index in [0.29, 0.717) is 5.15 Å². The highest BCUT2D eigenvalue weighted by atomic mass is 35.5. The van der Waals surface area contributed by atoms with Crippen LogP contribution in [0.15, 0.2) is 18.5 Å². The molecule has 0 radical (unpaired) electrons. The lowest BCUT2D eigenvalue weighted by Crippen LogP contribution is -1.83. The monoisotopic (exact) mass is 235 g/mol. The van der Waals surface area contributed by atoms with E-state index < -0.39 is 0 Å². The zero-order valence-corrected chi connectivity index (χ0v) is 9.43. The van der Waals surface area contributed by atoms with E-state index in [2.05, 4.69) is 15.0 Å². The van der Waals surface area contributed by atoms with Gasteiger partial charge in [0, 0.05) is 5.39 Å². The van der Waals surface area contributed by atoms with Gasteiger partial charge < -0.3 is 0 Å². The number of halogens is 1. The molecule has 0 aliphatic carbocycles. The molecule has 0 aliphatic rings. The maximum absolute atomic E-state index is 5.99. The fourth-order valence-corrected chi connectivity index (χ4v) is 2.60. The van der Waals surface area contributed by atoms with Gasteiger partial charge in [0.15, 0.2) is 0 Å². The molecule has 0 N–H and O–H groups in total. The number of benzene rings is 1. The lowest BCUT2D eigenvalue weighted by Gasteiger charge is -1.97. The molecule has 0 bridgehead atoms. The van der Waals surface area contributed by atoms with Crippen LogP contribution in [0.1, 0.15) is 5.01 Å². The molecule has 2 heterocycles. The molecule has 2 aromatic heterocycles. The summed E-state index contributed by atoms with van der Waals surface area (Å²) < 4.78 is 1.13. The molecule has 0 aliphatic heterocycles. The Hall–Kier alpha value is -1.26. The third-order valence-electron chi connectivity index (χ3n) is 2.20. The predicted molar refractivity (Wildman–Crippen MR) is 62.5 cm³/mol. The van der Waals surface area contributed by atoms with Crippen molar-refractivity contribution < 1.29 is 0 Å². The molecule has 1 aromatic carbocycles. The Kier molecular flexibility index (Phi) is 1.87. The number of fused-ring (bicyclic) bond motifs is 2. The molecule has 0 atom stereocenters. The average Bonchev–Trinajstić information content (AvgIpc) is 2.55. The SMILES string of the molecule is Cc1nc2cc3c(Cl)ncnc3cc2s1. The van der Waals surface area contributed by atoms with Gasteiger partial charge in [-0.2, -0.15) is 0 Å². The summed E-state index contributed by atoms with van der Waals surface area (Å²) in [5.74, 6) is 0. The summed E-state index contributed by atoms with van der Waals surface area (Å²) >= 11 is 7.65. The van der Waals surface area contributed by atoms with Crippen LogP contribution < -0.4 is 0 Å². The fraction of sp³-hybridized carbons (Fsp3) is 0.100. The van der Waals surface area contributed by atoms with Crippen LogP contribution in [-0.4, -0.2) is 15.0 Å². The summed E-state index contributed by atoms with van der Waals surface area (Å²) in [7, 11) is 0. The molecule has 3 aromatic rings. The second-order valence-electron chi connectivity index (χ2n) is 3.23. The van der Waals surface area contributed by atoms with Crippen molar-refractivity contribution in [2.75, 3.05) is 0 Å². The van der Waals surface area contributed by atoms with Crippen LogP contribution in [0, 0.1) is 6.92 Å². The van der Waals surface area contributed by atoms with E-state index in [1.165, 1.54) is 6.33 Å². The van der Waals surface area contributed by atoms with Gasteiger partial charge in [0.25, 0.3) is 0 Å². The maximum Gasteiger partial charge on any atom is 0.140 e. The first-order chi connectivity index (χ1) is 7.24. The van der Waals surface area contributed by atoms with Crippen LogP contribution in [0.4, 0.5) is 0 Å². The Bertz CT molecular complexity index is 662. The molecule has 0 saturated heterocycles. The molecule has 3 rings (SSSR count). The van der Waals surface area contributed by atoms with E-state index in [9.17, 15) is 0 Å². The van der Waals surface area contributed by atoms with Crippen molar-refractivity contribution in [1.82, 2.24) is 15.0 Å². The van der Waals surface area contributed by atoms with Crippen LogP contribution in [0.3, 0.4) is 0 Å². The molecule has 0 saturated carbocycles. The Balaban J connectivity index is 2.52. The zero-order valence-electron chi connectivity index (χ0n) is 7.86. The summed E-state index contributed by atoms with van der Waals surface area (Å²) in [5, 5.41) is 2.38. The van der Waals surface area contributed by atoms with E-state index in [1.54, 1.807) is 11.3 Å². The first kappa shape index (κ1) is 9.00. The van der Waals surface area contributed by atoms with Crippen LogP contribution >= 0.6 is 22.9 Å². The Morgan fingerprint density at radius 1 is 1.20 bits per heavy atom. The van der Waals surface area contributed by atoms with Gasteiger partial charge in [-0.05, 0) is 19.1 Å². The molecular formula is C10H6ClN3S. The lowest BCUT2D eigenvalue weighted by atomic mass is 10.2. The topological polar surface area (TPSA) is 38.7 Å². The minimum absolute atomic E-state index is 0.479. The van der Waals surface area contributed by atoms with Gasteiger partial charge in [-0.15, -0.1) is 11.3 Å². The Morgan fingerprint density at radius 3 is 2.93 bits per heavy atom. The summed E-state index contributed by atoms with van der Waals surface area (Å²) in [6.45, 7) is 1.99. The van der Waals surface area contributed by atoms with E-state index in [-0.39, 0.29) is 0 Å². The quantitative estimate of drug-likeness (QED) is 0.562. The molecular weight excluding hydrogens is 230 g/mol. The standard InChI is InChI=1S/C10H6ClN3S/c1-5-14-8-2-6-7(3-9(8)15-5)12-4-13-10(6)11/h2-4H,1H3. The van der Waals surface area contributed by atoms with Crippen LogP contribution in [0.25, 0.3) is 21.1 Å². The molecule has 5 heteroatoms. The van der Waals surface area contributed by atoms with Gasteiger partial charge >= 0.3 is 0 Å². The highest BCUT2D eigenvalue weighted by Crippen LogP contribution is 2.28. The smallest absolute Gasteiger partial charge is 0.140 e. The molecule has 74 valence electrons. The van der Waals surface area contributed by atoms with Gasteiger partial charge in [-0.3, -0.25) is 0 Å². The minimum atomic E-state index is 0.479. The first-order valence-electron chi connectivity index (χ1n) is 4.41. The summed E-state index contributed by atoms with van der Waals surface area (Å²) in [6, 6.07) is 3.94. The third-order valence-corrected chi connectivity index (χ3v) is 3.44. The third kappa shape index (κ3) is 1.37. The van der Waals surface area contributed by atoms with Crippen molar-refractivity contribution in [1.29, 1.82) is 0 Å². The fourth-order valence-electron chi connectivity index (χ4n) is 1.56. The number of hydrogen-bond acceptors (Lipinski definition) is 4. The highest BCUT2D eigenvalue weighted by Gasteiger charge is 2.06. The number of thiazole rings is 1. The summed E-state index contributed by atoms with van der Waals surface area (Å²) in [6.07, 6.45) is 1.48. The number of aryl methyl sites for hydroxylation is 1. The largest absolute Gasteiger partial charge is 0.241 e. The van der Waals surface area contributed by atoms with E-state index in [0.717, 1.165) is 26.1 Å². The average molecular weight is 236 g/mol. The first-order valence-corrected chi connectivity index (χ1v) is 5.61. The number of rotatable bonds is 0. The summed E-state index contributed by atoms with van der Waals surface area (Å²) in [4.78, 5) is 12.5. The number of hydrogen-bond donors (Lipinski definition) is 0. The van der Waals surface area contributed by atoms with Crippen molar-refractivity contribution in [2.45, 2.75) is 6.92 Å². The second kappa shape index (κ2) is 3.12. The van der Waals surface area contributed by atoms with E-state index in [1.807, 2.05) is 19.1 Å². The van der Waals surface area contributed by atoms with Gasteiger partial charge in [0.2, 0.25) is 0 Å². The van der Waals surface area contributed by atoms with Crippen molar-refractivity contribution in [2.24, 2.45) is 0 Å². The van der Waals surface area contributed by atoms with Crippen molar-refractivity contribution in [3.05, 3.63) is 28.6 Å². The normalized spacial score (nSPS) is 11.3. The van der Waals surface area contributed by atoms with Gasteiger partial charge in [0.05, 0.1) is 20.7 Å². The van der Waals surface area contributed by atoms with Crippen LogP contribution in [0.5, 0.6) is 0 Å². The second-order valence-corrected chi connectivity index (χ2v) is 4.83. The zero-order chi connectivity index (χ0) is 10.4. The van der Waals surface area contributed by atoms with Crippen molar-refractivity contribution >= 4 is 44.1 Å². The highest BCUT2D eigenvalue weighted by molar-refractivity contribution is 7.18.